The molecular formula is C17H15N5O2S2. The van der Waals surface area contributed by atoms with Gasteiger partial charge in [0.15, 0.2) is 5.76 Å². The van der Waals surface area contributed by atoms with Crippen molar-refractivity contribution in [3.05, 3.63) is 53.7 Å². The first-order valence-electron chi connectivity index (χ1n) is 7.71. The predicted octanol–water partition coefficient (Wildman–Crippen LogP) is 3.68. The Kier molecular flexibility index (Phi) is 4.63. The molecule has 26 heavy (non-hydrogen) atoms. The first-order chi connectivity index (χ1) is 12.8. The highest BCUT2D eigenvalue weighted by Crippen LogP contribution is 2.33. The van der Waals surface area contributed by atoms with E-state index in [0.29, 0.717) is 22.5 Å². The Morgan fingerprint density at radius 3 is 2.92 bits per heavy atom. The molecule has 0 aliphatic rings. The molecule has 0 bridgehead atoms. The van der Waals surface area contributed by atoms with E-state index in [1.54, 1.807) is 36.8 Å². The first-order valence-corrected chi connectivity index (χ1v) is 9.57. The first kappa shape index (κ1) is 16.7. The fourth-order valence-electron chi connectivity index (χ4n) is 2.41. The van der Waals surface area contributed by atoms with Gasteiger partial charge in [0.25, 0.3) is 0 Å². The number of nitrogens with two attached hydrogens (primary N) is 1. The third-order valence-corrected chi connectivity index (χ3v) is 5.55. The van der Waals surface area contributed by atoms with Gasteiger partial charge in [-0.2, -0.15) is 0 Å². The van der Waals surface area contributed by atoms with E-state index in [-0.39, 0.29) is 0 Å². The van der Waals surface area contributed by atoms with Crippen LogP contribution in [0.1, 0.15) is 5.69 Å². The lowest BCUT2D eigenvalue weighted by Gasteiger charge is -2.04. The normalized spacial score (nSPS) is 11.0. The largest absolute Gasteiger partial charge is 0.496 e. The van der Waals surface area contributed by atoms with E-state index in [0.717, 1.165) is 22.0 Å². The zero-order chi connectivity index (χ0) is 17.9. The van der Waals surface area contributed by atoms with Crippen LogP contribution in [0.25, 0.3) is 22.2 Å². The van der Waals surface area contributed by atoms with Gasteiger partial charge in [-0.3, -0.25) is 0 Å². The molecule has 0 saturated carbocycles. The number of thioether (sulfide) groups is 1. The second kappa shape index (κ2) is 7.22. The van der Waals surface area contributed by atoms with Crippen LogP contribution in [0.4, 0.5) is 0 Å². The highest BCUT2D eigenvalue weighted by atomic mass is 32.2. The molecule has 3 heterocycles. The van der Waals surface area contributed by atoms with Crippen LogP contribution in [0.2, 0.25) is 0 Å². The number of methoxy groups -OCH3 is 1. The zero-order valence-electron chi connectivity index (χ0n) is 13.8. The number of rotatable bonds is 6. The number of benzene rings is 1. The molecule has 0 radical (unpaired) electrons. The molecule has 2 N–H and O–H groups in total. The molecule has 3 aromatic heterocycles. The van der Waals surface area contributed by atoms with Gasteiger partial charge >= 0.3 is 0 Å². The number of hydrogen-bond acceptors (Lipinski definition) is 8. The van der Waals surface area contributed by atoms with E-state index in [1.807, 2.05) is 29.6 Å². The number of nitrogen functional groups attached to an aromatic ring is 1. The molecule has 0 aliphatic heterocycles. The highest BCUT2D eigenvalue weighted by Gasteiger charge is 2.15. The Morgan fingerprint density at radius 2 is 2.12 bits per heavy atom. The standard InChI is InChI=1S/C17H15N5O2S2/c1-23-13-6-3-2-5-12(13)16-19-11(9-25-16)10-26-17-21-20-15(22(17)18)14-7-4-8-24-14/h2-9H,10,18H2,1H3. The number of hydrogen-bond donors (Lipinski definition) is 1. The van der Waals surface area contributed by atoms with Crippen molar-refractivity contribution in [2.75, 3.05) is 13.0 Å². The predicted molar refractivity (Wildman–Crippen MR) is 102 cm³/mol. The topological polar surface area (TPSA) is 92.0 Å². The van der Waals surface area contributed by atoms with Gasteiger partial charge in [0, 0.05) is 11.1 Å². The van der Waals surface area contributed by atoms with Crippen LogP contribution in [0.15, 0.2) is 57.6 Å². The summed E-state index contributed by atoms with van der Waals surface area (Å²) in [6.45, 7) is 0. The lowest BCUT2D eigenvalue weighted by atomic mass is 10.2. The summed E-state index contributed by atoms with van der Waals surface area (Å²) in [4.78, 5) is 4.69. The van der Waals surface area contributed by atoms with Crippen molar-refractivity contribution in [3.8, 4) is 27.9 Å². The number of aromatic nitrogens is 4. The van der Waals surface area contributed by atoms with Gasteiger partial charge in [-0.25, -0.2) is 9.66 Å². The van der Waals surface area contributed by atoms with Gasteiger partial charge in [-0.15, -0.1) is 21.5 Å². The van der Waals surface area contributed by atoms with E-state index in [9.17, 15) is 0 Å². The number of nitrogens with zero attached hydrogens (tertiary/aromatic N) is 4. The monoisotopic (exact) mass is 385 g/mol. The molecule has 4 aromatic rings. The molecule has 0 amide bonds. The van der Waals surface area contributed by atoms with Gasteiger partial charge in [0.2, 0.25) is 11.0 Å². The summed E-state index contributed by atoms with van der Waals surface area (Å²) >= 11 is 3.05. The van der Waals surface area contributed by atoms with Gasteiger partial charge in [-0.1, -0.05) is 23.9 Å². The molecule has 1 aromatic carbocycles. The molecule has 0 aliphatic carbocycles. The SMILES string of the molecule is COc1ccccc1-c1nc(CSc2nnc(-c3ccco3)n2N)cs1. The van der Waals surface area contributed by atoms with Gasteiger partial charge in [-0.05, 0) is 24.3 Å². The molecule has 0 saturated heterocycles. The lowest BCUT2D eigenvalue weighted by molar-refractivity contribution is 0.416. The Bertz CT molecular complexity index is 1010. The van der Waals surface area contributed by atoms with Crippen LogP contribution in [-0.2, 0) is 5.75 Å². The van der Waals surface area contributed by atoms with Crippen LogP contribution in [0.5, 0.6) is 5.75 Å². The van der Waals surface area contributed by atoms with Crippen molar-refractivity contribution < 1.29 is 9.15 Å². The van der Waals surface area contributed by atoms with Crippen LogP contribution < -0.4 is 10.6 Å². The average Bonchev–Trinajstić information content (AvgIpc) is 3.41. The molecule has 4 rings (SSSR count). The van der Waals surface area contributed by atoms with Crippen LogP contribution >= 0.6 is 23.1 Å². The second-order valence-electron chi connectivity index (χ2n) is 5.29. The summed E-state index contributed by atoms with van der Waals surface area (Å²) in [6, 6.07) is 11.4. The summed E-state index contributed by atoms with van der Waals surface area (Å²) < 4.78 is 12.1. The van der Waals surface area contributed by atoms with E-state index in [1.165, 1.54) is 16.4 Å². The Balaban J connectivity index is 1.49. The van der Waals surface area contributed by atoms with E-state index < -0.39 is 0 Å². The molecule has 0 fully saturated rings. The molecule has 9 heteroatoms. The molecular weight excluding hydrogens is 370 g/mol. The van der Waals surface area contributed by atoms with E-state index >= 15 is 0 Å². The van der Waals surface area contributed by atoms with Crippen molar-refractivity contribution in [1.29, 1.82) is 0 Å². The quantitative estimate of drug-likeness (QED) is 0.400. The zero-order valence-corrected chi connectivity index (χ0v) is 15.5. The average molecular weight is 385 g/mol. The van der Waals surface area contributed by atoms with Crippen LogP contribution in [0.3, 0.4) is 0 Å². The maximum atomic E-state index is 6.07. The second-order valence-corrected chi connectivity index (χ2v) is 7.09. The molecule has 0 unspecified atom stereocenters. The molecule has 7 nitrogen and oxygen atoms in total. The fraction of sp³-hybridized carbons (Fsp3) is 0.118. The molecule has 0 atom stereocenters. The van der Waals surface area contributed by atoms with E-state index in [2.05, 4.69) is 10.2 Å². The van der Waals surface area contributed by atoms with Crippen molar-refractivity contribution >= 4 is 23.1 Å². The molecule has 0 spiro atoms. The van der Waals surface area contributed by atoms with Crippen molar-refractivity contribution in [3.63, 3.8) is 0 Å². The van der Waals surface area contributed by atoms with Crippen LogP contribution in [0, 0.1) is 0 Å². The number of para-hydroxylation sites is 1. The number of furan rings is 1. The highest BCUT2D eigenvalue weighted by molar-refractivity contribution is 7.98. The van der Waals surface area contributed by atoms with Gasteiger partial charge in [0.05, 0.1) is 24.6 Å². The van der Waals surface area contributed by atoms with Crippen molar-refractivity contribution in [1.82, 2.24) is 19.9 Å². The molecule has 132 valence electrons. The third-order valence-electron chi connectivity index (χ3n) is 3.64. The third kappa shape index (κ3) is 3.18. The van der Waals surface area contributed by atoms with Crippen molar-refractivity contribution in [2.24, 2.45) is 0 Å². The van der Waals surface area contributed by atoms with Crippen molar-refractivity contribution in [2.45, 2.75) is 10.9 Å². The number of thiazole rings is 1. The minimum atomic E-state index is 0.491. The van der Waals surface area contributed by atoms with Gasteiger partial charge < -0.3 is 15.0 Å². The Hall–Kier alpha value is -2.78. The smallest absolute Gasteiger partial charge is 0.218 e. The summed E-state index contributed by atoms with van der Waals surface area (Å²) in [5, 5.41) is 11.8. The Labute approximate surface area is 157 Å². The van der Waals surface area contributed by atoms with Crippen LogP contribution in [-0.4, -0.2) is 27.0 Å². The summed E-state index contributed by atoms with van der Waals surface area (Å²) in [7, 11) is 1.66. The van der Waals surface area contributed by atoms with E-state index in [4.69, 9.17) is 20.0 Å². The Morgan fingerprint density at radius 1 is 1.23 bits per heavy atom. The minimum Gasteiger partial charge on any atom is -0.496 e. The van der Waals surface area contributed by atoms with Gasteiger partial charge in [0.1, 0.15) is 10.8 Å². The summed E-state index contributed by atoms with van der Waals surface area (Å²) in [6.07, 6.45) is 1.57. The minimum absolute atomic E-state index is 0.491. The summed E-state index contributed by atoms with van der Waals surface area (Å²) in [5.41, 5.74) is 1.93. The maximum Gasteiger partial charge on any atom is 0.218 e. The fourth-order valence-corrected chi connectivity index (χ4v) is 4.11. The number of ether oxygens (including phenoxy) is 1. The maximum absolute atomic E-state index is 6.07. The summed E-state index contributed by atoms with van der Waals surface area (Å²) in [5.74, 6) is 8.59. The lowest BCUT2D eigenvalue weighted by Crippen LogP contribution is -2.11.